The van der Waals surface area contributed by atoms with Gasteiger partial charge in [-0.25, -0.2) is 9.98 Å². The summed E-state index contributed by atoms with van der Waals surface area (Å²) in [6, 6.07) is 0.326. The van der Waals surface area contributed by atoms with Gasteiger partial charge in [-0.1, -0.05) is 41.5 Å². The maximum atomic E-state index is 6.44. The number of aliphatic imine (C=N–C) groups is 2. The molecule has 4 nitrogen and oxygen atoms in total. The zero-order valence-corrected chi connectivity index (χ0v) is 17.9. The largest absolute Gasteiger partial charge is 0.472 e. The lowest BCUT2D eigenvalue weighted by Gasteiger charge is -2.34. The van der Waals surface area contributed by atoms with Crippen LogP contribution in [0.1, 0.15) is 82.1 Å². The average Bonchev–Trinajstić information content (AvgIpc) is 2.98. The van der Waals surface area contributed by atoms with Crippen LogP contribution in [0.3, 0.4) is 0 Å². The van der Waals surface area contributed by atoms with E-state index in [-0.39, 0.29) is 28.7 Å². The van der Waals surface area contributed by atoms with Crippen LogP contribution in [0.25, 0.3) is 0 Å². The van der Waals surface area contributed by atoms with E-state index in [1.807, 2.05) is 0 Å². The van der Waals surface area contributed by atoms with Crippen molar-refractivity contribution in [2.24, 2.45) is 27.2 Å². The molecule has 0 aromatic rings. The average molecular weight is 351 g/mol. The summed E-state index contributed by atoms with van der Waals surface area (Å²) in [6.07, 6.45) is 1.76. The van der Waals surface area contributed by atoms with Gasteiger partial charge in [0.25, 0.3) is 0 Å². The number of ether oxygens (including phenoxy) is 2. The summed E-state index contributed by atoms with van der Waals surface area (Å²) in [5.41, 5.74) is -0.932. The molecule has 2 aliphatic rings. The van der Waals surface area contributed by atoms with Gasteiger partial charge in [-0.2, -0.15) is 0 Å². The van der Waals surface area contributed by atoms with Crippen molar-refractivity contribution in [3.05, 3.63) is 0 Å². The Balaban J connectivity index is 2.47. The number of hydrogen-bond acceptors (Lipinski definition) is 4. The third kappa shape index (κ3) is 3.33. The van der Waals surface area contributed by atoms with Crippen LogP contribution in [0, 0.1) is 17.3 Å². The molecule has 2 heterocycles. The fourth-order valence-electron chi connectivity index (χ4n) is 4.53. The lowest BCUT2D eigenvalue weighted by Crippen LogP contribution is -2.44. The summed E-state index contributed by atoms with van der Waals surface area (Å²) in [7, 11) is 0. The monoisotopic (exact) mass is 350 g/mol. The highest BCUT2D eigenvalue weighted by molar-refractivity contribution is 6.06. The predicted octanol–water partition coefficient (Wildman–Crippen LogP) is 5.26. The molecule has 0 fully saturated rings. The van der Waals surface area contributed by atoms with Crippen LogP contribution in [0.2, 0.25) is 0 Å². The minimum Gasteiger partial charge on any atom is -0.472 e. The third-order valence-corrected chi connectivity index (χ3v) is 5.95. The van der Waals surface area contributed by atoms with Gasteiger partial charge in [0.05, 0.1) is 12.1 Å². The van der Waals surface area contributed by atoms with E-state index in [0.717, 1.165) is 24.6 Å². The van der Waals surface area contributed by atoms with Crippen LogP contribution in [0.4, 0.5) is 0 Å². The maximum Gasteiger partial charge on any atom is 0.200 e. The van der Waals surface area contributed by atoms with E-state index < -0.39 is 0 Å². The molecule has 0 aromatic carbocycles. The minimum atomic E-state index is -0.359. The molecule has 0 aliphatic carbocycles. The fourth-order valence-corrected chi connectivity index (χ4v) is 4.53. The van der Waals surface area contributed by atoms with Crippen molar-refractivity contribution in [3.8, 4) is 0 Å². The van der Waals surface area contributed by atoms with Gasteiger partial charge >= 0.3 is 0 Å². The lowest BCUT2D eigenvalue weighted by atomic mass is 9.81. The molecule has 144 valence electrons. The number of nitrogens with zero attached hydrogens (tertiary/aromatic N) is 2. The second kappa shape index (κ2) is 6.59. The molecule has 0 unspecified atom stereocenters. The Morgan fingerprint density at radius 2 is 1.12 bits per heavy atom. The molecule has 0 saturated carbocycles. The lowest BCUT2D eigenvalue weighted by molar-refractivity contribution is 0.0562. The molecule has 0 N–H and O–H groups in total. The molecule has 4 heteroatoms. The summed E-state index contributed by atoms with van der Waals surface area (Å²) < 4.78 is 12.9. The van der Waals surface area contributed by atoms with Gasteiger partial charge in [-0.3, -0.25) is 0 Å². The van der Waals surface area contributed by atoms with Crippen molar-refractivity contribution in [2.75, 3.05) is 0 Å². The summed E-state index contributed by atoms with van der Waals surface area (Å²) in [5.74, 6) is 2.51. The third-order valence-electron chi connectivity index (χ3n) is 5.95. The van der Waals surface area contributed by atoms with Gasteiger partial charge in [0.2, 0.25) is 0 Å². The Bertz CT molecular complexity index is 508. The molecular weight excluding hydrogens is 312 g/mol. The van der Waals surface area contributed by atoms with Crippen molar-refractivity contribution in [3.63, 3.8) is 0 Å². The van der Waals surface area contributed by atoms with Crippen LogP contribution < -0.4 is 0 Å². The van der Waals surface area contributed by atoms with E-state index in [0.29, 0.717) is 11.8 Å². The van der Waals surface area contributed by atoms with Gasteiger partial charge in [-0.05, 0) is 52.4 Å². The molecule has 25 heavy (non-hydrogen) atoms. The minimum absolute atomic E-state index is 0.163. The molecule has 0 amide bonds. The molecule has 0 spiro atoms. The van der Waals surface area contributed by atoms with Gasteiger partial charge in [0.15, 0.2) is 11.8 Å². The first-order chi connectivity index (χ1) is 11.4. The first-order valence-corrected chi connectivity index (χ1v) is 9.95. The van der Waals surface area contributed by atoms with E-state index in [1.165, 1.54) is 0 Å². The zero-order valence-electron chi connectivity index (χ0n) is 17.9. The van der Waals surface area contributed by atoms with E-state index >= 15 is 0 Å². The van der Waals surface area contributed by atoms with Gasteiger partial charge < -0.3 is 9.47 Å². The highest BCUT2D eigenvalue weighted by Gasteiger charge is 2.54. The van der Waals surface area contributed by atoms with Crippen molar-refractivity contribution < 1.29 is 9.47 Å². The molecular formula is C21H38N2O2. The molecule has 0 bridgehead atoms. The maximum absolute atomic E-state index is 6.44. The molecule has 0 radical (unpaired) electrons. The molecule has 2 aliphatic heterocycles. The summed E-state index contributed by atoms with van der Waals surface area (Å²) in [5, 5.41) is 0. The summed E-state index contributed by atoms with van der Waals surface area (Å²) in [6.45, 7) is 21.8. The zero-order chi connectivity index (χ0) is 19.2. The van der Waals surface area contributed by atoms with Gasteiger partial charge in [-0.15, -0.1) is 0 Å². The first-order valence-electron chi connectivity index (χ1n) is 9.95. The molecule has 2 rings (SSSR count). The SMILES string of the molecule is CCC(CC)(C1=N[C@@H](C(C)C)C(C)(C)O1)C1=N[C@@H](C(C)C)C(C)(C)O1. The van der Waals surface area contributed by atoms with Crippen molar-refractivity contribution >= 4 is 11.8 Å². The summed E-state index contributed by atoms with van der Waals surface area (Å²) in [4.78, 5) is 10.1. The Labute approximate surface area is 154 Å². The quantitative estimate of drug-likeness (QED) is 0.656. The Morgan fingerprint density at radius 3 is 1.32 bits per heavy atom. The summed E-state index contributed by atoms with van der Waals surface area (Å²) >= 11 is 0. The smallest absolute Gasteiger partial charge is 0.200 e. The Kier molecular flexibility index (Phi) is 5.34. The van der Waals surface area contributed by atoms with Crippen molar-refractivity contribution in [1.29, 1.82) is 0 Å². The van der Waals surface area contributed by atoms with Crippen molar-refractivity contribution in [1.82, 2.24) is 0 Å². The first kappa shape index (κ1) is 20.3. The van der Waals surface area contributed by atoms with Crippen LogP contribution in [-0.4, -0.2) is 35.1 Å². The van der Waals surface area contributed by atoms with E-state index in [2.05, 4.69) is 69.2 Å². The van der Waals surface area contributed by atoms with Crippen molar-refractivity contribution in [2.45, 2.75) is 105 Å². The Hall–Kier alpha value is -1.06. The van der Waals surface area contributed by atoms with E-state index in [9.17, 15) is 0 Å². The highest BCUT2D eigenvalue weighted by Crippen LogP contribution is 2.44. The topological polar surface area (TPSA) is 43.2 Å². The van der Waals surface area contributed by atoms with Crippen LogP contribution >= 0.6 is 0 Å². The van der Waals surface area contributed by atoms with E-state index in [4.69, 9.17) is 19.5 Å². The Morgan fingerprint density at radius 1 is 0.800 bits per heavy atom. The van der Waals surface area contributed by atoms with Gasteiger partial charge in [0.1, 0.15) is 16.6 Å². The normalized spacial score (nSPS) is 28.0. The van der Waals surface area contributed by atoms with Gasteiger partial charge in [0, 0.05) is 0 Å². The van der Waals surface area contributed by atoms with E-state index in [1.54, 1.807) is 0 Å². The highest BCUT2D eigenvalue weighted by atomic mass is 16.5. The molecule has 0 saturated heterocycles. The second-order valence-corrected chi connectivity index (χ2v) is 9.45. The number of rotatable bonds is 6. The van der Waals surface area contributed by atoms with Crippen LogP contribution in [-0.2, 0) is 9.47 Å². The predicted molar refractivity (Wildman–Crippen MR) is 105 cm³/mol. The fraction of sp³-hybridized carbons (Fsp3) is 0.905. The molecule has 0 aromatic heterocycles. The number of hydrogen-bond donors (Lipinski definition) is 0. The van der Waals surface area contributed by atoms with Crippen LogP contribution in [0.5, 0.6) is 0 Å². The standard InChI is InChI=1S/C21H38N2O2/c1-11-21(12-2,17-22-15(13(3)4)19(7,8)24-17)18-23-16(14(5)6)20(9,10)25-18/h13-16H,11-12H2,1-10H3/t15-,16-/m0/s1. The molecule has 2 atom stereocenters. The van der Waals surface area contributed by atoms with Crippen LogP contribution in [0.15, 0.2) is 9.98 Å². The second-order valence-electron chi connectivity index (χ2n) is 9.45.